The Morgan fingerprint density at radius 3 is 2.28 bits per heavy atom. The molecule has 0 unspecified atom stereocenters. The number of hydrogen-bond acceptors (Lipinski definition) is 3. The number of piperazine rings is 1. The fraction of sp³-hybridized carbons (Fsp3) is 0.818. The van der Waals surface area contributed by atoms with Gasteiger partial charge in [0.1, 0.15) is 0 Å². The molecule has 2 rings (SSSR count). The number of alkyl halides is 2. The predicted octanol–water partition coefficient (Wildman–Crippen LogP) is -0.326. The molecule has 1 N–H and O–H groups in total. The highest BCUT2D eigenvalue weighted by Gasteiger charge is 2.30. The van der Waals surface area contributed by atoms with Crippen molar-refractivity contribution in [3.05, 3.63) is 0 Å². The minimum atomic E-state index is -2.36. The molecule has 2 aliphatic rings. The Morgan fingerprint density at radius 2 is 1.78 bits per heavy atom. The summed E-state index contributed by atoms with van der Waals surface area (Å²) in [4.78, 5) is 26.3. The molecule has 0 atom stereocenters. The average molecular weight is 261 g/mol. The molecule has 0 aromatic carbocycles. The van der Waals surface area contributed by atoms with Crippen LogP contribution in [0.25, 0.3) is 0 Å². The molecule has 5 nitrogen and oxygen atoms in total. The summed E-state index contributed by atoms with van der Waals surface area (Å²) in [5.41, 5.74) is 0. The Hall–Kier alpha value is -1.24. The maximum atomic E-state index is 12.2. The first-order chi connectivity index (χ1) is 8.56. The number of hydrogen-bond donors (Lipinski definition) is 1. The highest BCUT2D eigenvalue weighted by molar-refractivity contribution is 6.35. The molecule has 0 spiro atoms. The fourth-order valence-corrected chi connectivity index (χ4v) is 1.95. The highest BCUT2D eigenvalue weighted by atomic mass is 19.3. The zero-order valence-electron chi connectivity index (χ0n) is 10.1. The molecule has 2 amide bonds. The molecule has 102 valence electrons. The number of rotatable bonds is 3. The number of amides is 2. The summed E-state index contributed by atoms with van der Waals surface area (Å²) in [7, 11) is 0. The molecule has 18 heavy (non-hydrogen) atoms. The largest absolute Gasteiger partial charge is 0.345 e. The maximum Gasteiger partial charge on any atom is 0.311 e. The minimum absolute atomic E-state index is 0.154. The second-order valence-electron chi connectivity index (χ2n) is 4.73. The lowest BCUT2D eigenvalue weighted by atomic mass is 10.3. The van der Waals surface area contributed by atoms with E-state index in [-0.39, 0.29) is 12.6 Å². The summed E-state index contributed by atoms with van der Waals surface area (Å²) >= 11 is 0. The van der Waals surface area contributed by atoms with Gasteiger partial charge in [-0.25, -0.2) is 8.78 Å². The number of nitrogens with zero attached hydrogens (tertiary/aromatic N) is 2. The van der Waals surface area contributed by atoms with Gasteiger partial charge in [0.2, 0.25) is 0 Å². The Labute approximate surface area is 104 Å². The van der Waals surface area contributed by atoms with Crippen LogP contribution in [0.5, 0.6) is 0 Å². The molecule has 0 bridgehead atoms. The zero-order chi connectivity index (χ0) is 13.1. The molecule has 1 aliphatic carbocycles. The van der Waals surface area contributed by atoms with Crippen LogP contribution in [0.3, 0.4) is 0 Å². The zero-order valence-corrected chi connectivity index (χ0v) is 10.1. The first-order valence-electron chi connectivity index (χ1n) is 6.16. The van der Waals surface area contributed by atoms with E-state index in [1.54, 1.807) is 4.90 Å². The van der Waals surface area contributed by atoms with Gasteiger partial charge in [-0.2, -0.15) is 0 Å². The summed E-state index contributed by atoms with van der Waals surface area (Å²) < 4.78 is 24.3. The van der Waals surface area contributed by atoms with E-state index in [4.69, 9.17) is 0 Å². The molecule has 7 heteroatoms. The lowest BCUT2D eigenvalue weighted by Gasteiger charge is -2.34. The molecule has 0 radical (unpaired) electrons. The van der Waals surface area contributed by atoms with Crippen molar-refractivity contribution >= 4 is 11.8 Å². The standard InChI is InChI=1S/C11H17F2N3O2/c12-9(13)7-15-3-5-16(6-4-15)11(18)10(17)14-8-1-2-8/h8-9H,1-7H2,(H,14,17). The summed E-state index contributed by atoms with van der Waals surface area (Å²) in [6, 6.07) is 0.154. The summed E-state index contributed by atoms with van der Waals surface area (Å²) in [5, 5.41) is 2.63. The molecule has 1 saturated carbocycles. The van der Waals surface area contributed by atoms with Crippen molar-refractivity contribution in [1.82, 2.24) is 15.1 Å². The van der Waals surface area contributed by atoms with Crippen LogP contribution >= 0.6 is 0 Å². The van der Waals surface area contributed by atoms with Crippen LogP contribution in [0, 0.1) is 0 Å². The second kappa shape index (κ2) is 5.60. The number of carbonyl (C=O) groups is 2. The van der Waals surface area contributed by atoms with E-state index in [1.165, 1.54) is 4.90 Å². The minimum Gasteiger partial charge on any atom is -0.345 e. The molecule has 0 aromatic rings. The lowest BCUT2D eigenvalue weighted by Crippen LogP contribution is -2.53. The number of nitrogens with one attached hydrogen (secondary N) is 1. The first-order valence-corrected chi connectivity index (χ1v) is 6.16. The van der Waals surface area contributed by atoms with Gasteiger partial charge >= 0.3 is 11.8 Å². The maximum absolute atomic E-state index is 12.2. The summed E-state index contributed by atoms with van der Waals surface area (Å²) in [6.07, 6.45) is -0.493. The van der Waals surface area contributed by atoms with Crippen LogP contribution in [0.2, 0.25) is 0 Å². The van der Waals surface area contributed by atoms with E-state index in [1.807, 2.05) is 0 Å². The molecule has 1 aliphatic heterocycles. The number of halogens is 2. The van der Waals surface area contributed by atoms with E-state index in [2.05, 4.69) is 5.32 Å². The third-order valence-corrected chi connectivity index (χ3v) is 3.16. The van der Waals surface area contributed by atoms with Crippen LogP contribution < -0.4 is 5.32 Å². The Morgan fingerprint density at radius 1 is 1.17 bits per heavy atom. The van der Waals surface area contributed by atoms with Crippen LogP contribution in [-0.4, -0.2) is 66.8 Å². The van der Waals surface area contributed by atoms with Crippen molar-refractivity contribution in [2.24, 2.45) is 0 Å². The molecule has 1 heterocycles. The smallest absolute Gasteiger partial charge is 0.311 e. The Bertz CT molecular complexity index is 326. The van der Waals surface area contributed by atoms with E-state index >= 15 is 0 Å². The normalized spacial score (nSPS) is 21.2. The molecule has 1 saturated heterocycles. The van der Waals surface area contributed by atoms with Gasteiger partial charge in [-0.05, 0) is 12.8 Å². The predicted molar refractivity (Wildman–Crippen MR) is 60.2 cm³/mol. The molecule has 0 aromatic heterocycles. The van der Waals surface area contributed by atoms with Crippen molar-refractivity contribution in [2.45, 2.75) is 25.3 Å². The van der Waals surface area contributed by atoms with Gasteiger partial charge in [-0.1, -0.05) is 0 Å². The van der Waals surface area contributed by atoms with Crippen molar-refractivity contribution in [3.63, 3.8) is 0 Å². The third-order valence-electron chi connectivity index (χ3n) is 3.16. The first kappa shape index (κ1) is 13.2. The topological polar surface area (TPSA) is 52.7 Å². The van der Waals surface area contributed by atoms with E-state index in [0.29, 0.717) is 26.2 Å². The average Bonchev–Trinajstić information content (AvgIpc) is 3.12. The van der Waals surface area contributed by atoms with Gasteiger partial charge in [-0.3, -0.25) is 14.5 Å². The van der Waals surface area contributed by atoms with Gasteiger partial charge in [0.25, 0.3) is 6.43 Å². The van der Waals surface area contributed by atoms with Gasteiger partial charge in [0.05, 0.1) is 6.54 Å². The van der Waals surface area contributed by atoms with Crippen LogP contribution in [0.4, 0.5) is 8.78 Å². The van der Waals surface area contributed by atoms with E-state index in [0.717, 1.165) is 12.8 Å². The molecular weight excluding hydrogens is 244 g/mol. The fourth-order valence-electron chi connectivity index (χ4n) is 1.95. The Kier molecular flexibility index (Phi) is 4.11. The highest BCUT2D eigenvalue weighted by Crippen LogP contribution is 2.18. The Balaban J connectivity index is 1.74. The number of carbonyl (C=O) groups excluding carboxylic acids is 2. The van der Waals surface area contributed by atoms with Crippen molar-refractivity contribution in [2.75, 3.05) is 32.7 Å². The monoisotopic (exact) mass is 261 g/mol. The van der Waals surface area contributed by atoms with E-state index < -0.39 is 18.2 Å². The van der Waals surface area contributed by atoms with Crippen LogP contribution in [0.1, 0.15) is 12.8 Å². The van der Waals surface area contributed by atoms with E-state index in [9.17, 15) is 18.4 Å². The van der Waals surface area contributed by atoms with Crippen molar-refractivity contribution in [3.8, 4) is 0 Å². The van der Waals surface area contributed by atoms with Gasteiger partial charge in [0, 0.05) is 32.2 Å². The van der Waals surface area contributed by atoms with Gasteiger partial charge < -0.3 is 10.2 Å². The molecule has 2 fully saturated rings. The van der Waals surface area contributed by atoms with Gasteiger partial charge in [-0.15, -0.1) is 0 Å². The second-order valence-corrected chi connectivity index (χ2v) is 4.73. The third kappa shape index (κ3) is 3.63. The quantitative estimate of drug-likeness (QED) is 0.708. The van der Waals surface area contributed by atoms with Crippen molar-refractivity contribution < 1.29 is 18.4 Å². The van der Waals surface area contributed by atoms with Crippen molar-refractivity contribution in [1.29, 1.82) is 0 Å². The van der Waals surface area contributed by atoms with Crippen LogP contribution in [-0.2, 0) is 9.59 Å². The van der Waals surface area contributed by atoms with Gasteiger partial charge in [0.15, 0.2) is 0 Å². The summed E-state index contributed by atoms with van der Waals surface area (Å²) in [6.45, 7) is 1.20. The SMILES string of the molecule is O=C(NC1CC1)C(=O)N1CCN(CC(F)F)CC1. The molecular formula is C11H17F2N3O2. The summed E-state index contributed by atoms with van der Waals surface area (Å²) in [5.74, 6) is -1.11. The van der Waals surface area contributed by atoms with Crippen LogP contribution in [0.15, 0.2) is 0 Å². The lowest BCUT2D eigenvalue weighted by molar-refractivity contribution is -0.147.